The molecule has 0 heterocycles. The summed E-state index contributed by atoms with van der Waals surface area (Å²) in [5.41, 5.74) is 4.53. The molecule has 0 aliphatic heterocycles. The van der Waals surface area contributed by atoms with Gasteiger partial charge in [0.15, 0.2) is 0 Å². The average Bonchev–Trinajstić information content (AvgIpc) is 3.02. The summed E-state index contributed by atoms with van der Waals surface area (Å²) in [6.07, 6.45) is 18.2. The number of rotatable bonds is 4. The molecular weight excluding hydrogens is 336 g/mol. The molecule has 4 rings (SSSR count). The van der Waals surface area contributed by atoms with Crippen molar-refractivity contribution in [2.45, 2.75) is 119 Å². The van der Waals surface area contributed by atoms with Gasteiger partial charge in [0, 0.05) is 0 Å². The lowest BCUT2D eigenvalue weighted by atomic mass is 9.44. The fourth-order valence-electron chi connectivity index (χ4n) is 9.17. The van der Waals surface area contributed by atoms with E-state index in [0.717, 1.165) is 35.5 Å². The third-order valence-corrected chi connectivity index (χ3v) is 11.2. The Hall–Kier alpha value is -0.260. The quantitative estimate of drug-likeness (QED) is 0.425. The van der Waals surface area contributed by atoms with Gasteiger partial charge in [-0.3, -0.25) is 0 Å². The second-order valence-electron chi connectivity index (χ2n) is 12.4. The van der Waals surface area contributed by atoms with Crippen molar-refractivity contribution in [2.75, 3.05) is 0 Å². The maximum atomic E-state index is 2.74. The first-order chi connectivity index (χ1) is 13.3. The van der Waals surface area contributed by atoms with E-state index in [2.05, 4.69) is 41.5 Å². The highest BCUT2D eigenvalue weighted by atomic mass is 14.6. The Kier molecular flexibility index (Phi) is 5.83. The highest BCUT2D eigenvalue weighted by Gasteiger charge is 2.59. The predicted octanol–water partition coefficient (Wildman–Crippen LogP) is 8.81. The monoisotopic (exact) mass is 384 g/mol. The van der Waals surface area contributed by atoms with Crippen molar-refractivity contribution in [1.82, 2.24) is 0 Å². The number of fused-ring (bicyclic) bond motifs is 5. The molecule has 0 heteroatoms. The van der Waals surface area contributed by atoms with Crippen LogP contribution in [-0.4, -0.2) is 0 Å². The van der Waals surface area contributed by atoms with Gasteiger partial charge in [0.25, 0.3) is 0 Å². The van der Waals surface area contributed by atoms with Crippen LogP contribution in [0.3, 0.4) is 0 Å². The van der Waals surface area contributed by atoms with Crippen molar-refractivity contribution in [3.63, 3.8) is 0 Å². The van der Waals surface area contributed by atoms with E-state index >= 15 is 0 Å². The molecule has 4 aliphatic carbocycles. The molecule has 160 valence electrons. The van der Waals surface area contributed by atoms with Crippen molar-refractivity contribution in [1.29, 1.82) is 0 Å². The topological polar surface area (TPSA) is 0 Å². The second-order valence-corrected chi connectivity index (χ2v) is 12.4. The Morgan fingerprint density at radius 3 is 2.32 bits per heavy atom. The van der Waals surface area contributed by atoms with E-state index in [1.807, 2.05) is 0 Å². The lowest BCUT2D eigenvalue weighted by Crippen LogP contribution is -2.53. The molecule has 8 unspecified atom stereocenters. The maximum absolute atomic E-state index is 2.74. The van der Waals surface area contributed by atoms with Crippen LogP contribution in [0.2, 0.25) is 0 Å². The van der Waals surface area contributed by atoms with Crippen LogP contribution in [0, 0.1) is 46.3 Å². The van der Waals surface area contributed by atoms with Crippen LogP contribution in [0.25, 0.3) is 0 Å². The van der Waals surface area contributed by atoms with Gasteiger partial charge in [-0.15, -0.1) is 0 Å². The third-order valence-electron chi connectivity index (χ3n) is 11.2. The lowest BCUT2D eigenvalue weighted by molar-refractivity contribution is -0.114. The molecule has 8 atom stereocenters. The SMILES string of the molecule is CC(C)=C(C)CCC(C)C1CCC2C3CCC4CCCCC4(C)C3CCC12C. The van der Waals surface area contributed by atoms with Crippen LogP contribution in [0.1, 0.15) is 119 Å². The molecule has 0 saturated heterocycles. The first kappa shape index (κ1) is 21.0. The van der Waals surface area contributed by atoms with Crippen molar-refractivity contribution in [3.8, 4) is 0 Å². The van der Waals surface area contributed by atoms with Crippen molar-refractivity contribution in [3.05, 3.63) is 11.1 Å². The number of hydrogen-bond acceptors (Lipinski definition) is 0. The Morgan fingerprint density at radius 1 is 0.821 bits per heavy atom. The molecule has 4 aliphatic rings. The first-order valence-corrected chi connectivity index (χ1v) is 12.9. The minimum absolute atomic E-state index is 0.650. The van der Waals surface area contributed by atoms with Crippen LogP contribution >= 0.6 is 0 Å². The normalized spacial score (nSPS) is 46.3. The minimum atomic E-state index is 0.650. The molecule has 0 aromatic carbocycles. The molecular formula is C28H48. The molecule has 0 spiro atoms. The highest BCUT2D eigenvalue weighted by molar-refractivity contribution is 5.10. The van der Waals surface area contributed by atoms with Gasteiger partial charge >= 0.3 is 0 Å². The molecule has 0 N–H and O–H groups in total. The molecule has 4 fully saturated rings. The number of hydrogen-bond donors (Lipinski definition) is 0. The van der Waals surface area contributed by atoms with Gasteiger partial charge in [-0.05, 0) is 131 Å². The molecule has 0 radical (unpaired) electrons. The van der Waals surface area contributed by atoms with Gasteiger partial charge in [0.05, 0.1) is 0 Å². The minimum Gasteiger partial charge on any atom is -0.0775 e. The molecule has 0 aromatic heterocycles. The Labute approximate surface area is 176 Å². The fourth-order valence-corrected chi connectivity index (χ4v) is 9.17. The third kappa shape index (κ3) is 3.33. The van der Waals surface area contributed by atoms with Crippen LogP contribution < -0.4 is 0 Å². The Bertz CT molecular complexity index is 595. The summed E-state index contributed by atoms with van der Waals surface area (Å²) < 4.78 is 0. The van der Waals surface area contributed by atoms with E-state index in [9.17, 15) is 0 Å². The second kappa shape index (κ2) is 7.77. The van der Waals surface area contributed by atoms with E-state index < -0.39 is 0 Å². The maximum Gasteiger partial charge on any atom is -0.0264 e. The summed E-state index contributed by atoms with van der Waals surface area (Å²) in [6.45, 7) is 15.0. The summed E-state index contributed by atoms with van der Waals surface area (Å²) in [7, 11) is 0. The van der Waals surface area contributed by atoms with Gasteiger partial charge in [-0.25, -0.2) is 0 Å². The molecule has 0 bridgehead atoms. The van der Waals surface area contributed by atoms with Crippen molar-refractivity contribution in [2.24, 2.45) is 46.3 Å². The summed E-state index contributed by atoms with van der Waals surface area (Å²) >= 11 is 0. The van der Waals surface area contributed by atoms with E-state index in [-0.39, 0.29) is 0 Å². The smallest absolute Gasteiger partial charge is 0.0264 e. The summed E-state index contributed by atoms with van der Waals surface area (Å²) in [6, 6.07) is 0. The van der Waals surface area contributed by atoms with Crippen molar-refractivity contribution < 1.29 is 0 Å². The Morgan fingerprint density at radius 2 is 1.57 bits per heavy atom. The standard InChI is InChI=1S/C28H48/c1-19(2)20(3)10-11-21(4)24-14-15-25-23-13-12-22-9-7-8-17-27(22,5)26(23)16-18-28(24,25)6/h21-26H,7-18H2,1-6H3. The summed E-state index contributed by atoms with van der Waals surface area (Å²) in [5, 5.41) is 0. The van der Waals surface area contributed by atoms with E-state index in [1.54, 1.807) is 49.7 Å². The predicted molar refractivity (Wildman–Crippen MR) is 122 cm³/mol. The zero-order chi connectivity index (χ0) is 20.1. The Balaban J connectivity index is 1.48. The first-order valence-electron chi connectivity index (χ1n) is 12.9. The molecule has 4 saturated carbocycles. The molecule has 0 amide bonds. The van der Waals surface area contributed by atoms with E-state index in [1.165, 1.54) is 38.5 Å². The summed E-state index contributed by atoms with van der Waals surface area (Å²) in [5.74, 6) is 6.13. The van der Waals surface area contributed by atoms with Crippen LogP contribution in [0.5, 0.6) is 0 Å². The van der Waals surface area contributed by atoms with Crippen LogP contribution in [0.4, 0.5) is 0 Å². The van der Waals surface area contributed by atoms with Gasteiger partial charge in [-0.1, -0.05) is 44.8 Å². The zero-order valence-electron chi connectivity index (χ0n) is 19.9. The van der Waals surface area contributed by atoms with Crippen molar-refractivity contribution >= 4 is 0 Å². The van der Waals surface area contributed by atoms with Gasteiger partial charge in [-0.2, -0.15) is 0 Å². The largest absolute Gasteiger partial charge is 0.0775 e. The van der Waals surface area contributed by atoms with E-state index in [0.29, 0.717) is 10.8 Å². The molecule has 28 heavy (non-hydrogen) atoms. The zero-order valence-corrected chi connectivity index (χ0v) is 19.9. The van der Waals surface area contributed by atoms with Crippen LogP contribution in [0.15, 0.2) is 11.1 Å². The van der Waals surface area contributed by atoms with Gasteiger partial charge in [0.1, 0.15) is 0 Å². The van der Waals surface area contributed by atoms with E-state index in [4.69, 9.17) is 0 Å². The van der Waals surface area contributed by atoms with Gasteiger partial charge < -0.3 is 0 Å². The molecule has 0 nitrogen and oxygen atoms in total. The number of allylic oxidation sites excluding steroid dienone is 2. The highest BCUT2D eigenvalue weighted by Crippen LogP contribution is 2.68. The molecule has 0 aromatic rings. The fraction of sp³-hybridized carbons (Fsp3) is 0.929. The average molecular weight is 385 g/mol. The summed E-state index contributed by atoms with van der Waals surface area (Å²) in [4.78, 5) is 0. The van der Waals surface area contributed by atoms with Gasteiger partial charge in [0.2, 0.25) is 0 Å². The lowest BCUT2D eigenvalue weighted by Gasteiger charge is -2.61. The van der Waals surface area contributed by atoms with Crippen LogP contribution in [-0.2, 0) is 0 Å².